The molecule has 56 heavy (non-hydrogen) atoms. The number of amides is 1. The summed E-state index contributed by atoms with van der Waals surface area (Å²) in [7, 11) is 0. The molecule has 0 bridgehead atoms. The third-order valence-corrected chi connectivity index (χ3v) is 11.8. The van der Waals surface area contributed by atoms with Crippen molar-refractivity contribution in [2.24, 2.45) is 0 Å². The van der Waals surface area contributed by atoms with Gasteiger partial charge in [-0.15, -0.1) is 0 Å². The van der Waals surface area contributed by atoms with Gasteiger partial charge in [0.1, 0.15) is 11.4 Å². The van der Waals surface area contributed by atoms with Crippen molar-refractivity contribution in [1.82, 2.24) is 24.3 Å². The number of nitrogens with one attached hydrogen (secondary N) is 1. The number of carboxylic acid groups (broad SMARTS) is 1. The number of H-pyrrole nitrogens is 1. The van der Waals surface area contributed by atoms with E-state index in [1.165, 1.54) is 0 Å². The van der Waals surface area contributed by atoms with Crippen molar-refractivity contribution in [3.8, 4) is 16.9 Å². The molecule has 0 radical (unpaired) electrons. The van der Waals surface area contributed by atoms with Gasteiger partial charge in [0.05, 0.1) is 46.3 Å². The summed E-state index contributed by atoms with van der Waals surface area (Å²) in [6.07, 6.45) is 2.82. The number of aryl methyl sites for hydroxylation is 6. The summed E-state index contributed by atoms with van der Waals surface area (Å²) < 4.78 is 10.1. The molecule has 1 amide bonds. The molecule has 3 aromatic carbocycles. The number of carbonyl (C=O) groups excluding carboxylic acids is 1. The van der Waals surface area contributed by atoms with Gasteiger partial charge in [-0.2, -0.15) is 5.10 Å². The summed E-state index contributed by atoms with van der Waals surface area (Å²) in [5.41, 5.74) is 10.3. The molecule has 8 rings (SSSR count). The van der Waals surface area contributed by atoms with Gasteiger partial charge in [0.2, 0.25) is 0 Å². The smallest absolute Gasteiger partial charge is 0.354 e. The number of pyridine rings is 1. The van der Waals surface area contributed by atoms with Crippen LogP contribution in [-0.4, -0.2) is 54.5 Å². The van der Waals surface area contributed by atoms with Crippen LogP contribution >= 0.6 is 23.2 Å². The van der Waals surface area contributed by atoms with Gasteiger partial charge in [-0.05, 0) is 114 Å². The maximum atomic E-state index is 15.4. The van der Waals surface area contributed by atoms with E-state index in [0.717, 1.165) is 66.4 Å². The summed E-state index contributed by atoms with van der Waals surface area (Å²) in [6, 6.07) is 18.9. The lowest BCUT2D eigenvalue weighted by Gasteiger charge is -2.34. The predicted octanol–water partition coefficient (Wildman–Crippen LogP) is 10.2. The average Bonchev–Trinajstić information content (AvgIpc) is 3.79. The molecule has 0 spiro atoms. The normalized spacial score (nSPS) is 14.2. The number of ether oxygens (including phenoxy) is 1. The van der Waals surface area contributed by atoms with Crippen molar-refractivity contribution in [3.05, 3.63) is 128 Å². The lowest BCUT2D eigenvalue weighted by Crippen LogP contribution is -2.43. The maximum absolute atomic E-state index is 15.4. The number of halogens is 2. The Morgan fingerprint density at radius 2 is 1.75 bits per heavy atom. The Balaban J connectivity index is 1.30. The van der Waals surface area contributed by atoms with Crippen LogP contribution in [0.3, 0.4) is 0 Å². The highest BCUT2D eigenvalue weighted by Gasteiger charge is 2.40. The second-order valence-electron chi connectivity index (χ2n) is 14.8. The number of carbonyl (C=O) groups is 2. The van der Waals surface area contributed by atoms with E-state index in [1.807, 2.05) is 95.3 Å². The van der Waals surface area contributed by atoms with Crippen LogP contribution in [0.2, 0.25) is 10.0 Å². The number of hydrogen-bond acceptors (Lipinski definition) is 5. The van der Waals surface area contributed by atoms with Crippen LogP contribution in [0.25, 0.3) is 32.9 Å². The van der Waals surface area contributed by atoms with Gasteiger partial charge in [-0.25, -0.2) is 4.79 Å². The Hall–Kier alpha value is -5.58. The minimum atomic E-state index is -1.12. The summed E-state index contributed by atoms with van der Waals surface area (Å²) in [5.74, 6) is -0.660. The Bertz CT molecular complexity index is 2670. The monoisotopic (exact) mass is 788 g/mol. The number of nitrogens with zero attached hydrogens (tertiary/aromatic N) is 5. The Morgan fingerprint density at radius 3 is 2.43 bits per heavy atom. The van der Waals surface area contributed by atoms with Crippen LogP contribution < -0.4 is 9.64 Å². The van der Waals surface area contributed by atoms with E-state index in [2.05, 4.69) is 26.7 Å². The van der Waals surface area contributed by atoms with Crippen LogP contribution in [0.4, 0.5) is 5.69 Å². The molecule has 7 aromatic rings. The van der Waals surface area contributed by atoms with Crippen molar-refractivity contribution >= 4 is 62.6 Å². The molecule has 0 saturated heterocycles. The fraction of sp³-hybridized carbons (Fsp3) is 0.273. The Labute approximate surface area is 334 Å². The number of aromatic amines is 1. The molecule has 286 valence electrons. The summed E-state index contributed by atoms with van der Waals surface area (Å²) >= 11 is 13.5. The van der Waals surface area contributed by atoms with Crippen molar-refractivity contribution in [1.29, 1.82) is 0 Å². The van der Waals surface area contributed by atoms with E-state index in [0.29, 0.717) is 52.4 Å². The summed E-state index contributed by atoms with van der Waals surface area (Å²) in [4.78, 5) is 34.9. The lowest BCUT2D eigenvalue weighted by molar-refractivity contribution is 0.0687. The van der Waals surface area contributed by atoms with Gasteiger partial charge in [0.25, 0.3) is 5.91 Å². The van der Waals surface area contributed by atoms with Crippen molar-refractivity contribution in [3.63, 3.8) is 0 Å². The third kappa shape index (κ3) is 6.21. The molecule has 10 nitrogen and oxygen atoms in total. The number of carboxylic acids is 1. The zero-order chi connectivity index (χ0) is 39.6. The van der Waals surface area contributed by atoms with Gasteiger partial charge in [0, 0.05) is 51.4 Å². The highest BCUT2D eigenvalue weighted by molar-refractivity contribution is 6.35. The van der Waals surface area contributed by atoms with Gasteiger partial charge >= 0.3 is 5.97 Å². The number of aromatic carboxylic acids is 1. The molecule has 12 heteroatoms. The highest BCUT2D eigenvalue weighted by Crippen LogP contribution is 2.46. The van der Waals surface area contributed by atoms with Gasteiger partial charge in [-0.3, -0.25) is 14.9 Å². The lowest BCUT2D eigenvalue weighted by atomic mass is 9.98. The first kappa shape index (κ1) is 37.3. The first-order chi connectivity index (χ1) is 26.8. The van der Waals surface area contributed by atoms with E-state index in [-0.39, 0.29) is 30.7 Å². The molecule has 0 fully saturated rings. The Morgan fingerprint density at radius 1 is 0.982 bits per heavy atom. The molecular weight excluding hydrogens is 747 g/mol. The topological polar surface area (TPSA) is 118 Å². The number of fused-ring (bicyclic) bond motifs is 4. The van der Waals surface area contributed by atoms with E-state index in [4.69, 9.17) is 27.9 Å². The summed E-state index contributed by atoms with van der Waals surface area (Å²) in [6.45, 7) is 12.7. The maximum Gasteiger partial charge on any atom is 0.354 e. The van der Waals surface area contributed by atoms with E-state index in [1.54, 1.807) is 15.7 Å². The summed E-state index contributed by atoms with van der Waals surface area (Å²) in [5, 5.41) is 21.4. The standard InChI is InChI=1S/C44H42Cl2N6O4/c1-23-12-15-35-33(18-23)40(42(44(54)55)50(35)22-29-10-7-8-16-47-29)51-21-26(4)52-39-32(13-14-34(45)37(39)36-27(5)48-49-28(36)6)31(41(52)43(51)53)11-9-17-56-30-19-24(2)38(46)25(3)20-30/h7-8,10,12-16,18-20,26H,9,11,17,21-22H2,1-6H3,(H,48,49)(H,54,55)/t26-/m1/s1. The fourth-order valence-electron chi connectivity index (χ4n) is 8.46. The number of aromatic nitrogens is 5. The zero-order valence-electron chi connectivity index (χ0n) is 32.1. The molecule has 0 aliphatic carbocycles. The average molecular weight is 790 g/mol. The highest BCUT2D eigenvalue weighted by atomic mass is 35.5. The van der Waals surface area contributed by atoms with Crippen LogP contribution in [0, 0.1) is 34.6 Å². The molecule has 0 unspecified atom stereocenters. The van der Waals surface area contributed by atoms with Crippen molar-refractivity contribution < 1.29 is 19.4 Å². The fourth-order valence-corrected chi connectivity index (χ4v) is 8.82. The van der Waals surface area contributed by atoms with Crippen molar-refractivity contribution in [2.75, 3.05) is 18.1 Å². The number of hydrogen-bond donors (Lipinski definition) is 2. The minimum absolute atomic E-state index is 0.0400. The van der Waals surface area contributed by atoms with Crippen LogP contribution in [-0.2, 0) is 13.0 Å². The van der Waals surface area contributed by atoms with Crippen LogP contribution in [0.5, 0.6) is 5.75 Å². The van der Waals surface area contributed by atoms with Gasteiger partial charge in [0.15, 0.2) is 5.69 Å². The number of benzene rings is 3. The van der Waals surface area contributed by atoms with E-state index < -0.39 is 5.97 Å². The van der Waals surface area contributed by atoms with E-state index in [9.17, 15) is 9.90 Å². The number of rotatable bonds is 10. The molecule has 2 N–H and O–H groups in total. The number of anilines is 1. The zero-order valence-corrected chi connectivity index (χ0v) is 33.6. The molecule has 1 atom stereocenters. The van der Waals surface area contributed by atoms with Gasteiger partial charge in [-0.1, -0.05) is 47.0 Å². The SMILES string of the molecule is Cc1ccc2c(c1)c(N1C[C@@H](C)n3c(c(CCCOc4cc(C)c(Cl)c(C)c4)c4ccc(Cl)c(-c5c(C)n[nH]c5C)c43)C1=O)c(C(=O)O)n2Cc1ccccn1. The molecule has 1 aliphatic rings. The van der Waals surface area contributed by atoms with Crippen LogP contribution in [0.15, 0.2) is 66.9 Å². The van der Waals surface area contributed by atoms with Gasteiger partial charge < -0.3 is 23.9 Å². The molecule has 0 saturated carbocycles. The molecular formula is C44H42Cl2N6O4. The predicted molar refractivity (Wildman–Crippen MR) is 222 cm³/mol. The largest absolute Gasteiger partial charge is 0.494 e. The second-order valence-corrected chi connectivity index (χ2v) is 15.6. The first-order valence-corrected chi connectivity index (χ1v) is 19.5. The molecule has 4 aromatic heterocycles. The first-order valence-electron chi connectivity index (χ1n) is 18.7. The Kier molecular flexibility index (Phi) is 9.66. The van der Waals surface area contributed by atoms with E-state index >= 15 is 4.79 Å². The second kappa shape index (κ2) is 14.5. The quantitative estimate of drug-likeness (QED) is 0.133. The third-order valence-electron chi connectivity index (χ3n) is 10.9. The minimum Gasteiger partial charge on any atom is -0.494 e. The molecule has 1 aliphatic heterocycles. The molecule has 5 heterocycles. The van der Waals surface area contributed by atoms with Crippen LogP contribution in [0.1, 0.15) is 79.7 Å². The van der Waals surface area contributed by atoms with Crippen molar-refractivity contribution in [2.45, 2.75) is 67.0 Å².